The highest BCUT2D eigenvalue weighted by Crippen LogP contribution is 2.26. The van der Waals surface area contributed by atoms with Gasteiger partial charge in [0.25, 0.3) is 5.91 Å². The standard InChI is InChI=1S/C18H28N2O2.ClH/c1-13(17(21)20-15-8-6-10-19-12-15)22-16-9-5-7-14(11-16)18(2,3)4;/h5,7,9,11,13,15,19H,6,8,10,12H2,1-4H3,(H,20,21);1H. The summed E-state index contributed by atoms with van der Waals surface area (Å²) in [6, 6.07) is 8.21. The normalized spacial score (nSPS) is 19.4. The van der Waals surface area contributed by atoms with E-state index in [-0.39, 0.29) is 29.8 Å². The van der Waals surface area contributed by atoms with Crippen LogP contribution in [0.15, 0.2) is 24.3 Å². The minimum atomic E-state index is -0.489. The Balaban J connectivity index is 0.00000264. The Kier molecular flexibility index (Phi) is 7.36. The largest absolute Gasteiger partial charge is 0.481 e. The van der Waals surface area contributed by atoms with Gasteiger partial charge < -0.3 is 15.4 Å². The first kappa shape index (κ1) is 19.8. The number of hydrogen-bond acceptors (Lipinski definition) is 3. The maximum absolute atomic E-state index is 12.2. The Labute approximate surface area is 145 Å². The maximum Gasteiger partial charge on any atom is 0.261 e. The Hall–Kier alpha value is -1.26. The van der Waals surface area contributed by atoms with Crippen LogP contribution in [0.4, 0.5) is 0 Å². The van der Waals surface area contributed by atoms with E-state index in [9.17, 15) is 4.79 Å². The molecule has 0 spiro atoms. The molecule has 2 unspecified atom stereocenters. The van der Waals surface area contributed by atoms with Gasteiger partial charge in [0.15, 0.2) is 6.10 Å². The predicted molar refractivity (Wildman–Crippen MR) is 96.5 cm³/mol. The van der Waals surface area contributed by atoms with Crippen LogP contribution in [0.1, 0.15) is 46.1 Å². The molecule has 1 aliphatic heterocycles. The second kappa shape index (κ2) is 8.55. The average Bonchev–Trinajstić information content (AvgIpc) is 2.47. The lowest BCUT2D eigenvalue weighted by atomic mass is 9.87. The summed E-state index contributed by atoms with van der Waals surface area (Å²) in [6.07, 6.45) is 1.65. The fraction of sp³-hybridized carbons (Fsp3) is 0.611. The van der Waals surface area contributed by atoms with Crippen molar-refractivity contribution in [1.29, 1.82) is 0 Å². The topological polar surface area (TPSA) is 50.4 Å². The van der Waals surface area contributed by atoms with Gasteiger partial charge in [0, 0.05) is 12.6 Å². The van der Waals surface area contributed by atoms with Crippen molar-refractivity contribution in [3.8, 4) is 5.75 Å². The molecule has 1 fully saturated rings. The Bertz CT molecular complexity index is 508. The fourth-order valence-corrected chi connectivity index (χ4v) is 2.59. The van der Waals surface area contributed by atoms with Crippen molar-refractivity contribution in [2.45, 2.75) is 58.1 Å². The zero-order valence-corrected chi connectivity index (χ0v) is 15.3. The summed E-state index contributed by atoms with van der Waals surface area (Å²) in [7, 11) is 0. The summed E-state index contributed by atoms with van der Waals surface area (Å²) in [5, 5.41) is 6.35. The molecule has 4 nitrogen and oxygen atoms in total. The number of amides is 1. The molecule has 2 N–H and O–H groups in total. The maximum atomic E-state index is 12.2. The van der Waals surface area contributed by atoms with Gasteiger partial charge >= 0.3 is 0 Å². The van der Waals surface area contributed by atoms with Crippen LogP contribution in [0.3, 0.4) is 0 Å². The van der Waals surface area contributed by atoms with Gasteiger partial charge in [-0.25, -0.2) is 0 Å². The Morgan fingerprint density at radius 3 is 2.74 bits per heavy atom. The van der Waals surface area contributed by atoms with Crippen molar-refractivity contribution >= 4 is 18.3 Å². The number of hydrogen-bond donors (Lipinski definition) is 2. The minimum Gasteiger partial charge on any atom is -0.481 e. The van der Waals surface area contributed by atoms with Gasteiger partial charge in [-0.3, -0.25) is 4.79 Å². The molecule has 1 aliphatic rings. The SMILES string of the molecule is CC(Oc1cccc(C(C)(C)C)c1)C(=O)NC1CCCNC1.Cl. The number of carbonyl (C=O) groups excluding carboxylic acids is 1. The van der Waals surface area contributed by atoms with Crippen molar-refractivity contribution in [2.75, 3.05) is 13.1 Å². The van der Waals surface area contributed by atoms with Crippen molar-refractivity contribution in [3.05, 3.63) is 29.8 Å². The van der Waals surface area contributed by atoms with E-state index in [1.54, 1.807) is 6.92 Å². The highest BCUT2D eigenvalue weighted by molar-refractivity contribution is 5.85. The average molecular weight is 341 g/mol. The number of piperidine rings is 1. The lowest BCUT2D eigenvalue weighted by Gasteiger charge is -2.26. The molecule has 23 heavy (non-hydrogen) atoms. The molecular weight excluding hydrogens is 312 g/mol. The molecule has 0 bridgehead atoms. The van der Waals surface area contributed by atoms with Crippen LogP contribution in [-0.4, -0.2) is 31.1 Å². The first-order valence-corrected chi connectivity index (χ1v) is 8.14. The monoisotopic (exact) mass is 340 g/mol. The van der Waals surface area contributed by atoms with Gasteiger partial charge in [0.05, 0.1) is 0 Å². The number of benzene rings is 1. The number of ether oxygens (including phenoxy) is 1. The third-order valence-electron chi connectivity index (χ3n) is 4.03. The molecule has 1 heterocycles. The Morgan fingerprint density at radius 1 is 1.39 bits per heavy atom. The zero-order valence-electron chi connectivity index (χ0n) is 14.5. The molecular formula is C18H29ClN2O2. The van der Waals surface area contributed by atoms with Gasteiger partial charge in [-0.2, -0.15) is 0 Å². The van der Waals surface area contributed by atoms with E-state index in [1.807, 2.05) is 18.2 Å². The molecule has 0 radical (unpaired) electrons. The summed E-state index contributed by atoms with van der Waals surface area (Å²) in [5.74, 6) is 0.701. The zero-order chi connectivity index (χ0) is 16.2. The van der Waals surface area contributed by atoms with Crippen molar-refractivity contribution in [2.24, 2.45) is 0 Å². The molecule has 0 aromatic heterocycles. The van der Waals surface area contributed by atoms with E-state index in [0.717, 1.165) is 31.7 Å². The van der Waals surface area contributed by atoms with Gasteiger partial charge in [-0.15, -0.1) is 12.4 Å². The van der Waals surface area contributed by atoms with Crippen LogP contribution in [-0.2, 0) is 10.2 Å². The van der Waals surface area contributed by atoms with E-state index in [4.69, 9.17) is 4.74 Å². The molecule has 0 saturated carbocycles. The summed E-state index contributed by atoms with van der Waals surface area (Å²) < 4.78 is 5.82. The number of halogens is 1. The minimum absolute atomic E-state index is 0. The molecule has 1 aromatic carbocycles. The summed E-state index contributed by atoms with van der Waals surface area (Å²) in [6.45, 7) is 10.2. The first-order valence-electron chi connectivity index (χ1n) is 8.14. The van der Waals surface area contributed by atoms with Gasteiger partial charge in [0.1, 0.15) is 5.75 Å². The third kappa shape index (κ3) is 6.04. The summed E-state index contributed by atoms with van der Waals surface area (Å²) in [4.78, 5) is 12.2. The van der Waals surface area contributed by atoms with E-state index < -0.39 is 6.10 Å². The van der Waals surface area contributed by atoms with Crippen LogP contribution in [0, 0.1) is 0 Å². The highest BCUT2D eigenvalue weighted by atomic mass is 35.5. The lowest BCUT2D eigenvalue weighted by molar-refractivity contribution is -0.128. The molecule has 1 saturated heterocycles. The van der Waals surface area contributed by atoms with Crippen molar-refractivity contribution in [3.63, 3.8) is 0 Å². The van der Waals surface area contributed by atoms with Crippen LogP contribution >= 0.6 is 12.4 Å². The van der Waals surface area contributed by atoms with Crippen LogP contribution in [0.5, 0.6) is 5.75 Å². The third-order valence-corrected chi connectivity index (χ3v) is 4.03. The second-order valence-electron chi connectivity index (χ2n) is 7.09. The highest BCUT2D eigenvalue weighted by Gasteiger charge is 2.21. The lowest BCUT2D eigenvalue weighted by Crippen LogP contribution is -2.49. The number of carbonyl (C=O) groups is 1. The number of rotatable bonds is 4. The first-order chi connectivity index (χ1) is 10.4. The fourth-order valence-electron chi connectivity index (χ4n) is 2.59. The van der Waals surface area contributed by atoms with Gasteiger partial charge in [-0.05, 0) is 49.4 Å². The predicted octanol–water partition coefficient (Wildman–Crippen LogP) is 3.04. The van der Waals surface area contributed by atoms with E-state index in [1.165, 1.54) is 5.56 Å². The quantitative estimate of drug-likeness (QED) is 0.885. The number of nitrogens with one attached hydrogen (secondary N) is 2. The molecule has 2 rings (SSSR count). The molecule has 130 valence electrons. The summed E-state index contributed by atoms with van der Waals surface area (Å²) in [5.41, 5.74) is 1.27. The van der Waals surface area contributed by atoms with Crippen LogP contribution in [0.25, 0.3) is 0 Å². The Morgan fingerprint density at radius 2 is 2.13 bits per heavy atom. The van der Waals surface area contributed by atoms with E-state index in [2.05, 4.69) is 37.5 Å². The van der Waals surface area contributed by atoms with Gasteiger partial charge in [0.2, 0.25) is 0 Å². The second-order valence-corrected chi connectivity index (χ2v) is 7.09. The van der Waals surface area contributed by atoms with Crippen LogP contribution < -0.4 is 15.4 Å². The summed E-state index contributed by atoms with van der Waals surface area (Å²) >= 11 is 0. The van der Waals surface area contributed by atoms with Crippen molar-refractivity contribution in [1.82, 2.24) is 10.6 Å². The van der Waals surface area contributed by atoms with E-state index in [0.29, 0.717) is 0 Å². The smallest absolute Gasteiger partial charge is 0.261 e. The molecule has 5 heteroatoms. The van der Waals surface area contributed by atoms with E-state index >= 15 is 0 Å². The van der Waals surface area contributed by atoms with Gasteiger partial charge in [-0.1, -0.05) is 32.9 Å². The molecule has 2 atom stereocenters. The van der Waals surface area contributed by atoms with Crippen molar-refractivity contribution < 1.29 is 9.53 Å². The molecule has 0 aliphatic carbocycles. The molecule has 1 aromatic rings. The molecule has 1 amide bonds. The van der Waals surface area contributed by atoms with Crippen LogP contribution in [0.2, 0.25) is 0 Å².